The number of pyridine rings is 2. The van der Waals surface area contributed by atoms with Crippen LogP contribution in [-0.4, -0.2) is 62.1 Å². The quantitative estimate of drug-likeness (QED) is 0.164. The normalized spacial score (nSPS) is 18.3. The number of benzene rings is 3. The molecule has 0 spiro atoms. The first-order valence-corrected chi connectivity index (χ1v) is 17.6. The predicted octanol–water partition coefficient (Wildman–Crippen LogP) is 8.09. The van der Waals surface area contributed by atoms with Crippen molar-refractivity contribution in [3.8, 4) is 28.7 Å². The molecule has 50 heavy (non-hydrogen) atoms. The Morgan fingerprint density at radius 3 is 2.54 bits per heavy atom. The summed E-state index contributed by atoms with van der Waals surface area (Å²) in [7, 11) is 0. The van der Waals surface area contributed by atoms with Gasteiger partial charge in [-0.05, 0) is 90.9 Å². The Morgan fingerprint density at radius 2 is 1.74 bits per heavy atom. The molecule has 10 heteroatoms. The van der Waals surface area contributed by atoms with E-state index in [1.165, 1.54) is 6.42 Å². The van der Waals surface area contributed by atoms with E-state index in [2.05, 4.69) is 39.2 Å². The van der Waals surface area contributed by atoms with Gasteiger partial charge in [-0.1, -0.05) is 42.8 Å². The third-order valence-corrected chi connectivity index (χ3v) is 10.4. The number of nitrogens with one attached hydrogen (secondary N) is 1. The van der Waals surface area contributed by atoms with Crippen LogP contribution in [0.1, 0.15) is 42.0 Å². The molecule has 5 heterocycles. The Kier molecular flexibility index (Phi) is 8.71. The van der Waals surface area contributed by atoms with Crippen LogP contribution < -0.4 is 5.32 Å². The second-order valence-corrected chi connectivity index (χ2v) is 14.2. The summed E-state index contributed by atoms with van der Waals surface area (Å²) in [5.74, 6) is 1.78. The molecule has 3 aromatic heterocycles. The summed E-state index contributed by atoms with van der Waals surface area (Å²) >= 11 is 7.13. The molecule has 0 amide bonds. The minimum atomic E-state index is -0.253. The zero-order chi connectivity index (χ0) is 34.4. The standard InChI is InChI=1S/C40H38ClN7O2/c1-24-10-13-47(20-24)21-26-15-29(18-42)38-35(17-26)46-40(50-38)32-6-3-5-31(25(32)2)33-7-4-8-34(36(33)41)45-39-37-28(9-12-43-39)16-27(19-44-37)22-48-14-11-30(49)23-48/h3-9,12,15-17,19,24,30,49H,10-11,13-14,20-23H2,1-2H3,(H,43,45). The van der Waals surface area contributed by atoms with E-state index >= 15 is 0 Å². The fourth-order valence-corrected chi connectivity index (χ4v) is 7.70. The van der Waals surface area contributed by atoms with Gasteiger partial charge in [-0.3, -0.25) is 14.8 Å². The van der Waals surface area contributed by atoms with Crippen molar-refractivity contribution in [3.05, 3.63) is 100 Å². The van der Waals surface area contributed by atoms with Crippen molar-refractivity contribution in [1.29, 1.82) is 5.26 Å². The number of hydrogen-bond donors (Lipinski definition) is 2. The van der Waals surface area contributed by atoms with Crippen LogP contribution in [0.5, 0.6) is 0 Å². The summed E-state index contributed by atoms with van der Waals surface area (Å²) in [6, 6.07) is 22.3. The van der Waals surface area contributed by atoms with Crippen molar-refractivity contribution < 1.29 is 9.52 Å². The lowest BCUT2D eigenvalue weighted by Gasteiger charge is -2.16. The summed E-state index contributed by atoms with van der Waals surface area (Å²) in [5, 5.41) is 24.9. The molecule has 2 fully saturated rings. The number of aliphatic hydroxyl groups is 1. The third kappa shape index (κ3) is 6.32. The van der Waals surface area contributed by atoms with Crippen LogP contribution in [0.3, 0.4) is 0 Å². The van der Waals surface area contributed by atoms with Crippen molar-refractivity contribution in [2.75, 3.05) is 31.5 Å². The van der Waals surface area contributed by atoms with Crippen LogP contribution in [0.25, 0.3) is 44.6 Å². The number of likely N-dealkylation sites (tertiary alicyclic amines) is 2. The lowest BCUT2D eigenvalue weighted by Crippen LogP contribution is -2.21. The average molecular weight is 684 g/mol. The van der Waals surface area contributed by atoms with Gasteiger partial charge in [-0.15, -0.1) is 0 Å². The van der Waals surface area contributed by atoms with Gasteiger partial charge < -0.3 is 14.8 Å². The van der Waals surface area contributed by atoms with Gasteiger partial charge in [0.1, 0.15) is 17.1 Å². The van der Waals surface area contributed by atoms with Gasteiger partial charge in [-0.2, -0.15) is 5.26 Å². The van der Waals surface area contributed by atoms with Crippen LogP contribution in [0.2, 0.25) is 5.02 Å². The zero-order valence-electron chi connectivity index (χ0n) is 28.2. The molecule has 8 rings (SSSR count). The molecule has 2 saturated heterocycles. The van der Waals surface area contributed by atoms with E-state index in [-0.39, 0.29) is 6.10 Å². The number of fused-ring (bicyclic) bond motifs is 2. The second-order valence-electron chi connectivity index (χ2n) is 13.8. The lowest BCUT2D eigenvalue weighted by molar-refractivity contribution is 0.175. The molecule has 9 nitrogen and oxygen atoms in total. The topological polar surface area (TPSA) is 114 Å². The molecule has 0 bridgehead atoms. The highest BCUT2D eigenvalue weighted by atomic mass is 35.5. The SMILES string of the molecule is Cc1c(-c2nc3cc(CN4CCC(C)C4)cc(C#N)c3o2)cccc1-c1cccc(Nc2nccc3cc(CN4CCC(O)C4)cnc23)c1Cl. The van der Waals surface area contributed by atoms with Crippen LogP contribution >= 0.6 is 11.6 Å². The lowest BCUT2D eigenvalue weighted by atomic mass is 9.96. The van der Waals surface area contributed by atoms with Gasteiger partial charge in [0.05, 0.1) is 22.4 Å². The average Bonchev–Trinajstić information content (AvgIpc) is 3.85. The fourth-order valence-electron chi connectivity index (χ4n) is 7.43. The fraction of sp³-hybridized carbons (Fsp3) is 0.300. The van der Waals surface area contributed by atoms with Gasteiger partial charge in [-0.25, -0.2) is 9.97 Å². The number of β-amino-alcohol motifs (C(OH)–C–C–N with tert-alkyl or cyclic N) is 1. The monoisotopic (exact) mass is 683 g/mol. The van der Waals surface area contributed by atoms with Crippen LogP contribution in [-0.2, 0) is 13.1 Å². The van der Waals surface area contributed by atoms with Gasteiger partial charge in [0.15, 0.2) is 11.4 Å². The number of oxazole rings is 1. The highest BCUT2D eigenvalue weighted by Crippen LogP contribution is 2.40. The minimum absolute atomic E-state index is 0.253. The zero-order valence-corrected chi connectivity index (χ0v) is 28.9. The summed E-state index contributed by atoms with van der Waals surface area (Å²) in [4.78, 5) is 19.0. The first-order valence-electron chi connectivity index (χ1n) is 17.2. The molecule has 6 aromatic rings. The number of nitriles is 1. The van der Waals surface area contributed by atoms with Gasteiger partial charge in [0, 0.05) is 61.6 Å². The van der Waals surface area contributed by atoms with Crippen molar-refractivity contribution in [3.63, 3.8) is 0 Å². The molecular formula is C40H38ClN7O2. The number of aromatic nitrogens is 3. The number of nitrogens with zero attached hydrogens (tertiary/aromatic N) is 6. The maximum absolute atomic E-state index is 9.99. The highest BCUT2D eigenvalue weighted by Gasteiger charge is 2.23. The van der Waals surface area contributed by atoms with E-state index in [9.17, 15) is 10.4 Å². The summed E-state index contributed by atoms with van der Waals surface area (Å²) in [6.07, 6.45) is 5.41. The summed E-state index contributed by atoms with van der Waals surface area (Å²) < 4.78 is 6.29. The molecule has 0 saturated carbocycles. The Hall–Kier alpha value is -4.85. The Labute approximate surface area is 296 Å². The van der Waals surface area contributed by atoms with Crippen molar-refractivity contribution >= 4 is 45.1 Å². The summed E-state index contributed by atoms with van der Waals surface area (Å²) in [6.45, 7) is 9.58. The first kappa shape index (κ1) is 32.4. The van der Waals surface area contributed by atoms with E-state index in [1.54, 1.807) is 6.20 Å². The van der Waals surface area contributed by atoms with Crippen LogP contribution in [0.15, 0.2) is 77.5 Å². The molecule has 2 N–H and O–H groups in total. The van der Waals surface area contributed by atoms with Gasteiger partial charge >= 0.3 is 0 Å². The second kappa shape index (κ2) is 13.5. The van der Waals surface area contributed by atoms with Gasteiger partial charge in [0.25, 0.3) is 0 Å². The number of hydrogen-bond acceptors (Lipinski definition) is 9. The third-order valence-electron chi connectivity index (χ3n) is 10.0. The summed E-state index contributed by atoms with van der Waals surface area (Å²) in [5.41, 5.74) is 8.94. The first-order chi connectivity index (χ1) is 24.3. The number of anilines is 2. The van der Waals surface area contributed by atoms with E-state index in [4.69, 9.17) is 26.0 Å². The van der Waals surface area contributed by atoms with Crippen molar-refractivity contribution in [1.82, 2.24) is 24.8 Å². The smallest absolute Gasteiger partial charge is 0.227 e. The van der Waals surface area contributed by atoms with Gasteiger partial charge in [0.2, 0.25) is 5.89 Å². The Morgan fingerprint density at radius 1 is 0.960 bits per heavy atom. The van der Waals surface area contributed by atoms with Crippen molar-refractivity contribution in [2.24, 2.45) is 5.92 Å². The maximum atomic E-state index is 9.99. The van der Waals surface area contributed by atoms with Crippen molar-refractivity contribution in [2.45, 2.75) is 45.9 Å². The Bertz CT molecular complexity index is 2280. The molecule has 252 valence electrons. The molecule has 0 aliphatic carbocycles. The number of rotatable bonds is 8. The molecule has 2 aliphatic heterocycles. The van der Waals surface area contributed by atoms with E-state index < -0.39 is 0 Å². The van der Waals surface area contributed by atoms with Crippen LogP contribution in [0.4, 0.5) is 11.5 Å². The number of aliphatic hydroxyl groups excluding tert-OH is 1. The van der Waals surface area contributed by atoms with E-state index in [0.29, 0.717) is 51.5 Å². The Balaban J connectivity index is 1.08. The molecule has 2 unspecified atom stereocenters. The largest absolute Gasteiger partial charge is 0.435 e. The van der Waals surface area contributed by atoms with E-state index in [1.807, 2.05) is 67.7 Å². The highest BCUT2D eigenvalue weighted by molar-refractivity contribution is 6.36. The molecule has 3 aromatic carbocycles. The maximum Gasteiger partial charge on any atom is 0.227 e. The molecular weight excluding hydrogens is 646 g/mol. The van der Waals surface area contributed by atoms with E-state index in [0.717, 1.165) is 83.4 Å². The predicted molar refractivity (Wildman–Crippen MR) is 197 cm³/mol. The van der Waals surface area contributed by atoms with Crippen LogP contribution in [0, 0.1) is 24.2 Å². The number of halogens is 1. The molecule has 0 radical (unpaired) electrons. The minimum Gasteiger partial charge on any atom is -0.435 e. The molecule has 2 aliphatic rings. The molecule has 2 atom stereocenters.